The van der Waals surface area contributed by atoms with E-state index in [2.05, 4.69) is 0 Å². The molecule has 0 aliphatic heterocycles. The van der Waals surface area contributed by atoms with E-state index < -0.39 is 5.91 Å². The predicted molar refractivity (Wildman–Crippen MR) is 64.4 cm³/mol. The number of nitrogens with two attached hydrogens (primary N) is 1. The van der Waals surface area contributed by atoms with Crippen molar-refractivity contribution in [2.75, 3.05) is 0 Å². The summed E-state index contributed by atoms with van der Waals surface area (Å²) in [4.78, 5) is 11.2. The summed E-state index contributed by atoms with van der Waals surface area (Å²) >= 11 is 0. The van der Waals surface area contributed by atoms with Crippen molar-refractivity contribution in [1.82, 2.24) is 4.57 Å². The average molecular weight is 230 g/mol. The van der Waals surface area contributed by atoms with Crippen LogP contribution in [-0.4, -0.2) is 15.6 Å². The minimum Gasteiger partial charge on any atom is -0.392 e. The highest BCUT2D eigenvalue weighted by Crippen LogP contribution is 2.12. The van der Waals surface area contributed by atoms with E-state index in [1.165, 1.54) is 0 Å². The van der Waals surface area contributed by atoms with E-state index in [-0.39, 0.29) is 6.61 Å². The summed E-state index contributed by atoms with van der Waals surface area (Å²) in [6.07, 6.45) is 1.80. The third kappa shape index (κ3) is 2.37. The normalized spacial score (nSPS) is 10.4. The number of rotatable bonds is 4. The lowest BCUT2D eigenvalue weighted by Crippen LogP contribution is -2.17. The van der Waals surface area contributed by atoms with Crippen LogP contribution in [0, 0.1) is 0 Å². The lowest BCUT2D eigenvalue weighted by Gasteiger charge is -2.10. The Hall–Kier alpha value is -2.07. The second-order valence-electron chi connectivity index (χ2n) is 3.81. The maximum Gasteiger partial charge on any atom is 0.265 e. The van der Waals surface area contributed by atoms with E-state index in [1.807, 2.05) is 24.3 Å². The van der Waals surface area contributed by atoms with Crippen molar-refractivity contribution >= 4 is 5.91 Å². The summed E-state index contributed by atoms with van der Waals surface area (Å²) in [7, 11) is 0. The number of carbonyl (C=O) groups excluding carboxylic acids is 1. The molecule has 0 spiro atoms. The Morgan fingerprint density at radius 2 is 1.88 bits per heavy atom. The van der Waals surface area contributed by atoms with Crippen molar-refractivity contribution in [2.45, 2.75) is 13.2 Å². The lowest BCUT2D eigenvalue weighted by atomic mass is 10.1. The quantitative estimate of drug-likeness (QED) is 0.826. The Balaban J connectivity index is 2.31. The maximum atomic E-state index is 11.2. The summed E-state index contributed by atoms with van der Waals surface area (Å²) in [5.74, 6) is -0.448. The van der Waals surface area contributed by atoms with Crippen molar-refractivity contribution in [3.63, 3.8) is 0 Å². The van der Waals surface area contributed by atoms with Crippen molar-refractivity contribution < 1.29 is 9.90 Å². The Kier molecular flexibility index (Phi) is 3.25. The number of primary amides is 1. The zero-order valence-electron chi connectivity index (χ0n) is 9.34. The Bertz CT molecular complexity index is 532. The van der Waals surface area contributed by atoms with Crippen molar-refractivity contribution in [3.8, 4) is 0 Å². The zero-order valence-corrected chi connectivity index (χ0v) is 9.34. The van der Waals surface area contributed by atoms with Crippen LogP contribution in [0.5, 0.6) is 0 Å². The molecule has 2 aromatic rings. The van der Waals surface area contributed by atoms with Crippen LogP contribution in [0.1, 0.15) is 21.6 Å². The largest absolute Gasteiger partial charge is 0.392 e. The Labute approximate surface area is 99.3 Å². The number of nitrogens with zero attached hydrogens (tertiary/aromatic N) is 1. The molecule has 0 aliphatic carbocycles. The molecule has 1 aromatic heterocycles. The molecule has 17 heavy (non-hydrogen) atoms. The average Bonchev–Trinajstić information content (AvgIpc) is 2.78. The lowest BCUT2D eigenvalue weighted by molar-refractivity contribution is 0.0992. The van der Waals surface area contributed by atoms with Gasteiger partial charge in [-0.05, 0) is 23.3 Å². The van der Waals surface area contributed by atoms with Gasteiger partial charge in [0.15, 0.2) is 0 Å². The summed E-state index contributed by atoms with van der Waals surface area (Å²) in [6.45, 7) is 0.519. The van der Waals surface area contributed by atoms with Gasteiger partial charge in [0.05, 0.1) is 6.61 Å². The summed E-state index contributed by atoms with van der Waals surface area (Å²) in [6, 6.07) is 11.0. The van der Waals surface area contributed by atoms with Gasteiger partial charge in [0, 0.05) is 12.7 Å². The number of hydrogen-bond donors (Lipinski definition) is 2. The number of aliphatic hydroxyl groups is 1. The van der Waals surface area contributed by atoms with Crippen LogP contribution in [0.2, 0.25) is 0 Å². The molecular weight excluding hydrogens is 216 g/mol. The molecule has 1 heterocycles. The van der Waals surface area contributed by atoms with Crippen LogP contribution in [0.25, 0.3) is 0 Å². The monoisotopic (exact) mass is 230 g/mol. The number of benzene rings is 1. The van der Waals surface area contributed by atoms with Gasteiger partial charge >= 0.3 is 0 Å². The van der Waals surface area contributed by atoms with Gasteiger partial charge in [-0.25, -0.2) is 0 Å². The second-order valence-corrected chi connectivity index (χ2v) is 3.81. The molecule has 0 bridgehead atoms. The van der Waals surface area contributed by atoms with Crippen LogP contribution in [0.3, 0.4) is 0 Å². The molecule has 0 radical (unpaired) electrons. The van der Waals surface area contributed by atoms with Gasteiger partial charge in [-0.15, -0.1) is 0 Å². The topological polar surface area (TPSA) is 68.2 Å². The highest BCUT2D eigenvalue weighted by Gasteiger charge is 2.08. The molecule has 4 nitrogen and oxygen atoms in total. The summed E-state index contributed by atoms with van der Waals surface area (Å²) < 4.78 is 1.77. The first-order valence-corrected chi connectivity index (χ1v) is 5.35. The first-order chi connectivity index (χ1) is 8.22. The number of aliphatic hydroxyl groups excluding tert-OH is 1. The molecule has 1 aromatic carbocycles. The van der Waals surface area contributed by atoms with E-state index in [9.17, 15) is 9.90 Å². The third-order valence-corrected chi connectivity index (χ3v) is 2.71. The SMILES string of the molecule is NC(=O)c1cccn1Cc1ccccc1CO. The molecule has 4 heteroatoms. The van der Waals surface area contributed by atoms with E-state index in [0.29, 0.717) is 12.2 Å². The number of aromatic nitrogens is 1. The van der Waals surface area contributed by atoms with Crippen LogP contribution in [-0.2, 0) is 13.2 Å². The highest BCUT2D eigenvalue weighted by molar-refractivity contribution is 5.91. The molecule has 88 valence electrons. The summed E-state index contributed by atoms with van der Waals surface area (Å²) in [5.41, 5.74) is 7.58. The Morgan fingerprint density at radius 1 is 1.18 bits per heavy atom. The van der Waals surface area contributed by atoms with Gasteiger partial charge in [0.1, 0.15) is 5.69 Å². The minimum atomic E-state index is -0.448. The van der Waals surface area contributed by atoms with Gasteiger partial charge in [-0.1, -0.05) is 24.3 Å². The first-order valence-electron chi connectivity index (χ1n) is 5.35. The molecule has 0 aliphatic rings. The van der Waals surface area contributed by atoms with Crippen LogP contribution in [0.15, 0.2) is 42.6 Å². The molecular formula is C13H14N2O2. The van der Waals surface area contributed by atoms with Crippen molar-refractivity contribution in [1.29, 1.82) is 0 Å². The fraction of sp³-hybridized carbons (Fsp3) is 0.154. The van der Waals surface area contributed by atoms with E-state index in [0.717, 1.165) is 11.1 Å². The molecule has 0 atom stereocenters. The standard InChI is InChI=1S/C13H14N2O2/c14-13(17)12-6-3-7-15(12)8-10-4-1-2-5-11(10)9-16/h1-7,16H,8-9H2,(H2,14,17). The van der Waals surface area contributed by atoms with Gasteiger partial charge in [0.2, 0.25) is 0 Å². The molecule has 0 unspecified atom stereocenters. The summed E-state index contributed by atoms with van der Waals surface area (Å²) in [5, 5.41) is 9.22. The van der Waals surface area contributed by atoms with Crippen LogP contribution < -0.4 is 5.73 Å². The van der Waals surface area contributed by atoms with Crippen molar-refractivity contribution in [3.05, 3.63) is 59.4 Å². The van der Waals surface area contributed by atoms with Crippen molar-refractivity contribution in [2.24, 2.45) is 5.73 Å². The van der Waals surface area contributed by atoms with Gasteiger partial charge in [0.25, 0.3) is 5.91 Å². The molecule has 0 fully saturated rings. The van der Waals surface area contributed by atoms with Gasteiger partial charge in [-0.2, -0.15) is 0 Å². The van der Waals surface area contributed by atoms with Gasteiger partial charge in [-0.3, -0.25) is 4.79 Å². The van der Waals surface area contributed by atoms with E-state index >= 15 is 0 Å². The number of carbonyl (C=O) groups is 1. The number of hydrogen-bond acceptors (Lipinski definition) is 2. The smallest absolute Gasteiger partial charge is 0.265 e. The molecule has 3 N–H and O–H groups in total. The fourth-order valence-electron chi connectivity index (χ4n) is 1.83. The predicted octanol–water partition coefficient (Wildman–Crippen LogP) is 1.13. The van der Waals surface area contributed by atoms with E-state index in [1.54, 1.807) is 22.9 Å². The zero-order chi connectivity index (χ0) is 12.3. The second kappa shape index (κ2) is 4.84. The minimum absolute atomic E-state index is 0.0106. The molecule has 1 amide bonds. The fourth-order valence-corrected chi connectivity index (χ4v) is 1.83. The van der Waals surface area contributed by atoms with Crippen LogP contribution in [0.4, 0.5) is 0 Å². The van der Waals surface area contributed by atoms with Crippen LogP contribution >= 0.6 is 0 Å². The first kappa shape index (κ1) is 11.4. The van der Waals surface area contributed by atoms with E-state index in [4.69, 9.17) is 5.73 Å². The maximum absolute atomic E-state index is 11.2. The number of amides is 1. The Morgan fingerprint density at radius 3 is 2.53 bits per heavy atom. The third-order valence-electron chi connectivity index (χ3n) is 2.71. The molecule has 0 saturated carbocycles. The highest BCUT2D eigenvalue weighted by atomic mass is 16.3. The molecule has 0 saturated heterocycles. The molecule has 2 rings (SSSR count). The van der Waals surface area contributed by atoms with Gasteiger partial charge < -0.3 is 15.4 Å².